The molecular formula is C14H26N2O2. The molecule has 1 aliphatic heterocycles. The van der Waals surface area contributed by atoms with Gasteiger partial charge in [-0.25, -0.2) is 0 Å². The van der Waals surface area contributed by atoms with Crippen molar-refractivity contribution in [2.24, 2.45) is 23.7 Å². The molecular weight excluding hydrogens is 228 g/mol. The van der Waals surface area contributed by atoms with Gasteiger partial charge in [0, 0.05) is 19.1 Å². The van der Waals surface area contributed by atoms with Gasteiger partial charge >= 0.3 is 0 Å². The van der Waals surface area contributed by atoms with Gasteiger partial charge in [0.1, 0.15) is 0 Å². The number of hydrogen-bond donors (Lipinski definition) is 3. The Morgan fingerprint density at radius 1 is 1.33 bits per heavy atom. The predicted octanol–water partition coefficient (Wildman–Crippen LogP) is 0.757. The van der Waals surface area contributed by atoms with E-state index in [0.29, 0.717) is 17.8 Å². The zero-order valence-corrected chi connectivity index (χ0v) is 11.3. The first-order chi connectivity index (χ1) is 8.72. The van der Waals surface area contributed by atoms with E-state index < -0.39 is 0 Å². The minimum atomic E-state index is 0.113. The number of aliphatic hydroxyl groups is 1. The van der Waals surface area contributed by atoms with Crippen LogP contribution < -0.4 is 10.6 Å². The molecule has 18 heavy (non-hydrogen) atoms. The monoisotopic (exact) mass is 254 g/mol. The van der Waals surface area contributed by atoms with Gasteiger partial charge in [0.15, 0.2) is 0 Å². The van der Waals surface area contributed by atoms with Gasteiger partial charge in [-0.1, -0.05) is 19.8 Å². The topological polar surface area (TPSA) is 61.4 Å². The molecule has 0 aromatic rings. The van der Waals surface area contributed by atoms with Gasteiger partial charge in [-0.15, -0.1) is 0 Å². The van der Waals surface area contributed by atoms with Crippen molar-refractivity contribution in [3.05, 3.63) is 0 Å². The molecule has 0 radical (unpaired) electrons. The van der Waals surface area contributed by atoms with Crippen molar-refractivity contribution in [1.82, 2.24) is 10.6 Å². The molecule has 3 N–H and O–H groups in total. The summed E-state index contributed by atoms with van der Waals surface area (Å²) in [5.74, 6) is 1.66. The fourth-order valence-electron chi connectivity index (χ4n) is 3.06. The molecule has 1 aliphatic carbocycles. The van der Waals surface area contributed by atoms with E-state index in [1.165, 1.54) is 12.8 Å². The van der Waals surface area contributed by atoms with Crippen LogP contribution in [0.5, 0.6) is 0 Å². The van der Waals surface area contributed by atoms with E-state index in [-0.39, 0.29) is 18.4 Å². The van der Waals surface area contributed by atoms with Crippen molar-refractivity contribution < 1.29 is 9.90 Å². The number of hydrogen-bond acceptors (Lipinski definition) is 3. The van der Waals surface area contributed by atoms with E-state index in [1.807, 2.05) is 6.92 Å². The second-order valence-corrected chi connectivity index (χ2v) is 5.94. The molecule has 1 heterocycles. The molecule has 1 amide bonds. The summed E-state index contributed by atoms with van der Waals surface area (Å²) in [7, 11) is 0. The summed E-state index contributed by atoms with van der Waals surface area (Å²) in [5.41, 5.74) is 0. The average Bonchev–Trinajstić information content (AvgIpc) is 2.34. The van der Waals surface area contributed by atoms with Crippen molar-refractivity contribution in [2.75, 3.05) is 26.2 Å². The quantitative estimate of drug-likeness (QED) is 0.679. The maximum absolute atomic E-state index is 12.0. The average molecular weight is 254 g/mol. The van der Waals surface area contributed by atoms with Crippen LogP contribution in [0.2, 0.25) is 0 Å². The Morgan fingerprint density at radius 2 is 2.00 bits per heavy atom. The van der Waals surface area contributed by atoms with Crippen molar-refractivity contribution in [2.45, 2.75) is 32.6 Å². The van der Waals surface area contributed by atoms with Crippen LogP contribution in [-0.2, 0) is 4.79 Å². The van der Waals surface area contributed by atoms with Crippen molar-refractivity contribution >= 4 is 5.91 Å². The molecule has 2 aliphatic rings. The van der Waals surface area contributed by atoms with E-state index in [9.17, 15) is 9.90 Å². The van der Waals surface area contributed by atoms with Crippen LogP contribution >= 0.6 is 0 Å². The standard InChI is InChI=1S/C14H26N2O2/c1-10(13-6-15-7-13)14(18)16-8-11-4-2-3-5-12(11)9-17/h10-13,15,17H,2-9H2,1H3,(H,16,18). The molecule has 2 fully saturated rings. The van der Waals surface area contributed by atoms with Crippen LogP contribution in [0.25, 0.3) is 0 Å². The predicted molar refractivity (Wildman–Crippen MR) is 71.1 cm³/mol. The van der Waals surface area contributed by atoms with Crippen LogP contribution in [0.15, 0.2) is 0 Å². The fraction of sp³-hybridized carbons (Fsp3) is 0.929. The molecule has 3 atom stereocenters. The van der Waals surface area contributed by atoms with Crippen LogP contribution in [0.1, 0.15) is 32.6 Å². The van der Waals surface area contributed by atoms with Gasteiger partial charge in [-0.2, -0.15) is 0 Å². The zero-order chi connectivity index (χ0) is 13.0. The molecule has 3 unspecified atom stereocenters. The van der Waals surface area contributed by atoms with E-state index >= 15 is 0 Å². The van der Waals surface area contributed by atoms with Crippen molar-refractivity contribution in [3.8, 4) is 0 Å². The van der Waals surface area contributed by atoms with E-state index in [2.05, 4.69) is 10.6 Å². The number of rotatable bonds is 5. The third-order valence-corrected chi connectivity index (χ3v) is 4.77. The lowest BCUT2D eigenvalue weighted by Gasteiger charge is -2.33. The van der Waals surface area contributed by atoms with Crippen LogP contribution in [-0.4, -0.2) is 37.3 Å². The lowest BCUT2D eigenvalue weighted by Crippen LogP contribution is -2.50. The van der Waals surface area contributed by atoms with Gasteiger partial charge in [0.25, 0.3) is 0 Å². The Morgan fingerprint density at radius 3 is 2.56 bits per heavy atom. The second kappa shape index (κ2) is 6.53. The summed E-state index contributed by atoms with van der Waals surface area (Å²) in [6.07, 6.45) is 4.71. The number of nitrogens with one attached hydrogen (secondary N) is 2. The van der Waals surface area contributed by atoms with Crippen LogP contribution in [0, 0.1) is 23.7 Å². The Bertz CT molecular complexity index is 279. The first-order valence-corrected chi connectivity index (χ1v) is 7.31. The molecule has 0 bridgehead atoms. The zero-order valence-electron chi connectivity index (χ0n) is 11.3. The molecule has 0 spiro atoms. The summed E-state index contributed by atoms with van der Waals surface area (Å²) in [6, 6.07) is 0. The lowest BCUT2D eigenvalue weighted by molar-refractivity contribution is -0.127. The Kier molecular flexibility index (Phi) is 5.01. The van der Waals surface area contributed by atoms with Crippen molar-refractivity contribution in [1.29, 1.82) is 0 Å². The smallest absolute Gasteiger partial charge is 0.223 e. The molecule has 1 saturated heterocycles. The van der Waals surface area contributed by atoms with Gasteiger partial charge in [-0.05, 0) is 43.7 Å². The Balaban J connectivity index is 1.73. The molecule has 4 nitrogen and oxygen atoms in total. The summed E-state index contributed by atoms with van der Waals surface area (Å²) in [6.45, 7) is 4.97. The fourth-order valence-corrected chi connectivity index (χ4v) is 3.06. The number of carbonyl (C=O) groups excluding carboxylic acids is 1. The lowest BCUT2D eigenvalue weighted by atomic mass is 9.79. The number of aliphatic hydroxyl groups excluding tert-OH is 1. The summed E-state index contributed by atoms with van der Waals surface area (Å²) < 4.78 is 0. The molecule has 4 heteroatoms. The number of carbonyl (C=O) groups is 1. The van der Waals surface area contributed by atoms with Gasteiger partial charge < -0.3 is 15.7 Å². The minimum Gasteiger partial charge on any atom is -0.396 e. The SMILES string of the molecule is CC(C(=O)NCC1CCCCC1CO)C1CNC1. The van der Waals surface area contributed by atoms with E-state index in [0.717, 1.165) is 32.5 Å². The molecule has 0 aromatic carbocycles. The highest BCUT2D eigenvalue weighted by molar-refractivity contribution is 5.78. The van der Waals surface area contributed by atoms with Gasteiger partial charge in [0.2, 0.25) is 5.91 Å². The normalized spacial score (nSPS) is 30.6. The highest BCUT2D eigenvalue weighted by Crippen LogP contribution is 2.29. The first kappa shape index (κ1) is 13.8. The minimum absolute atomic E-state index is 0.113. The third-order valence-electron chi connectivity index (χ3n) is 4.77. The largest absolute Gasteiger partial charge is 0.396 e. The molecule has 104 valence electrons. The maximum atomic E-state index is 12.0. The molecule has 1 saturated carbocycles. The first-order valence-electron chi connectivity index (χ1n) is 7.31. The van der Waals surface area contributed by atoms with E-state index in [4.69, 9.17) is 0 Å². The highest BCUT2D eigenvalue weighted by Gasteiger charge is 2.30. The highest BCUT2D eigenvalue weighted by atomic mass is 16.3. The maximum Gasteiger partial charge on any atom is 0.223 e. The third kappa shape index (κ3) is 3.23. The summed E-state index contributed by atoms with van der Waals surface area (Å²) in [4.78, 5) is 12.0. The van der Waals surface area contributed by atoms with Crippen LogP contribution in [0.4, 0.5) is 0 Å². The second-order valence-electron chi connectivity index (χ2n) is 5.94. The molecule has 0 aromatic heterocycles. The Hall–Kier alpha value is -0.610. The summed E-state index contributed by atoms with van der Waals surface area (Å²) in [5, 5.41) is 15.6. The van der Waals surface area contributed by atoms with Gasteiger partial charge in [0.05, 0.1) is 0 Å². The van der Waals surface area contributed by atoms with Crippen molar-refractivity contribution in [3.63, 3.8) is 0 Å². The van der Waals surface area contributed by atoms with Gasteiger partial charge in [-0.3, -0.25) is 4.79 Å². The molecule has 2 rings (SSSR count). The van der Waals surface area contributed by atoms with Crippen LogP contribution in [0.3, 0.4) is 0 Å². The van der Waals surface area contributed by atoms with E-state index in [1.54, 1.807) is 0 Å². The number of amides is 1. The summed E-state index contributed by atoms with van der Waals surface area (Å²) >= 11 is 0. The Labute approximate surface area is 110 Å².